The second kappa shape index (κ2) is 6.39. The molecule has 1 aliphatic heterocycles. The molecule has 19 heavy (non-hydrogen) atoms. The Hall–Kier alpha value is -1.07. The van der Waals surface area contributed by atoms with Crippen LogP contribution in [0.25, 0.3) is 0 Å². The molecule has 1 aromatic heterocycles. The fraction of sp³-hybridized carbons (Fsp3) is 0.786. The molecule has 1 aromatic rings. The molecule has 0 bridgehead atoms. The van der Waals surface area contributed by atoms with Crippen LogP contribution >= 0.6 is 0 Å². The SMILES string of the molecule is COC(C)(C)CCNc1cnn(CC2CCCO2)c1. The first-order chi connectivity index (χ1) is 9.09. The molecular formula is C14H25N3O2. The number of hydrogen-bond donors (Lipinski definition) is 1. The van der Waals surface area contributed by atoms with Crippen LogP contribution in [0.15, 0.2) is 12.4 Å². The molecule has 108 valence electrons. The third-order valence-corrected chi connectivity index (χ3v) is 3.66. The van der Waals surface area contributed by atoms with Crippen molar-refractivity contribution in [1.82, 2.24) is 9.78 Å². The van der Waals surface area contributed by atoms with Crippen molar-refractivity contribution in [3.8, 4) is 0 Å². The van der Waals surface area contributed by atoms with Crippen molar-refractivity contribution in [2.45, 2.75) is 51.4 Å². The van der Waals surface area contributed by atoms with Gasteiger partial charge in [-0.05, 0) is 33.1 Å². The standard InChI is InChI=1S/C14H25N3O2/c1-14(2,18-3)6-7-15-12-9-16-17(10-12)11-13-5-4-8-19-13/h9-10,13,15H,4-8,11H2,1-3H3. The zero-order valence-electron chi connectivity index (χ0n) is 12.2. The molecule has 0 aromatic carbocycles. The summed E-state index contributed by atoms with van der Waals surface area (Å²) in [5, 5.41) is 7.73. The Kier molecular flexibility index (Phi) is 4.82. The molecule has 2 rings (SSSR count). The van der Waals surface area contributed by atoms with E-state index in [4.69, 9.17) is 9.47 Å². The predicted molar refractivity (Wildman–Crippen MR) is 75.4 cm³/mol. The van der Waals surface area contributed by atoms with E-state index in [-0.39, 0.29) is 5.60 Å². The second-order valence-corrected chi connectivity index (χ2v) is 5.73. The highest BCUT2D eigenvalue weighted by Gasteiger charge is 2.17. The van der Waals surface area contributed by atoms with Crippen LogP contribution in [0.5, 0.6) is 0 Å². The van der Waals surface area contributed by atoms with Gasteiger partial charge in [-0.15, -0.1) is 0 Å². The number of nitrogens with one attached hydrogen (secondary N) is 1. The fourth-order valence-corrected chi connectivity index (χ4v) is 2.16. The smallest absolute Gasteiger partial charge is 0.0771 e. The summed E-state index contributed by atoms with van der Waals surface area (Å²) in [4.78, 5) is 0. The number of methoxy groups -OCH3 is 1. The van der Waals surface area contributed by atoms with Crippen LogP contribution in [0.4, 0.5) is 5.69 Å². The van der Waals surface area contributed by atoms with E-state index >= 15 is 0 Å². The number of ether oxygens (including phenoxy) is 2. The van der Waals surface area contributed by atoms with E-state index in [0.717, 1.165) is 38.2 Å². The minimum atomic E-state index is -0.0827. The van der Waals surface area contributed by atoms with Gasteiger partial charge in [0.05, 0.1) is 30.1 Å². The summed E-state index contributed by atoms with van der Waals surface area (Å²) in [5.41, 5.74) is 0.977. The van der Waals surface area contributed by atoms with E-state index in [2.05, 4.69) is 24.3 Å². The number of aromatic nitrogens is 2. The van der Waals surface area contributed by atoms with Crippen LogP contribution in [0.2, 0.25) is 0 Å². The van der Waals surface area contributed by atoms with Crippen LogP contribution in [0, 0.1) is 0 Å². The van der Waals surface area contributed by atoms with E-state index in [1.807, 2.05) is 17.1 Å². The normalized spacial score (nSPS) is 19.8. The van der Waals surface area contributed by atoms with E-state index in [1.54, 1.807) is 7.11 Å². The van der Waals surface area contributed by atoms with Crippen molar-refractivity contribution in [2.24, 2.45) is 0 Å². The van der Waals surface area contributed by atoms with Crippen molar-refractivity contribution in [1.29, 1.82) is 0 Å². The number of hydrogen-bond acceptors (Lipinski definition) is 4. The Labute approximate surface area is 115 Å². The van der Waals surface area contributed by atoms with Crippen molar-refractivity contribution < 1.29 is 9.47 Å². The van der Waals surface area contributed by atoms with Gasteiger partial charge in [0.2, 0.25) is 0 Å². The van der Waals surface area contributed by atoms with Crippen LogP contribution < -0.4 is 5.32 Å². The van der Waals surface area contributed by atoms with Crippen LogP contribution in [-0.2, 0) is 16.0 Å². The number of anilines is 1. The van der Waals surface area contributed by atoms with Gasteiger partial charge >= 0.3 is 0 Å². The highest BCUT2D eigenvalue weighted by Crippen LogP contribution is 2.16. The fourth-order valence-electron chi connectivity index (χ4n) is 2.16. The summed E-state index contributed by atoms with van der Waals surface area (Å²) in [5.74, 6) is 0. The molecule has 1 N–H and O–H groups in total. The van der Waals surface area contributed by atoms with Crippen molar-refractivity contribution in [2.75, 3.05) is 25.6 Å². The van der Waals surface area contributed by atoms with E-state index in [9.17, 15) is 0 Å². The maximum atomic E-state index is 5.61. The van der Waals surface area contributed by atoms with Gasteiger partial charge in [-0.3, -0.25) is 4.68 Å². The predicted octanol–water partition coefficient (Wildman–Crippen LogP) is 2.29. The molecule has 0 radical (unpaired) electrons. The van der Waals surface area contributed by atoms with Gasteiger partial charge in [-0.2, -0.15) is 5.10 Å². The van der Waals surface area contributed by atoms with Gasteiger partial charge in [0, 0.05) is 26.5 Å². The van der Waals surface area contributed by atoms with E-state index in [1.165, 1.54) is 6.42 Å². The van der Waals surface area contributed by atoms with Gasteiger partial charge in [0.1, 0.15) is 0 Å². The van der Waals surface area contributed by atoms with Crippen molar-refractivity contribution >= 4 is 5.69 Å². The first-order valence-corrected chi connectivity index (χ1v) is 7.02. The minimum absolute atomic E-state index is 0.0827. The molecule has 5 heteroatoms. The van der Waals surface area contributed by atoms with Gasteiger partial charge in [-0.25, -0.2) is 0 Å². The molecule has 5 nitrogen and oxygen atoms in total. The quantitative estimate of drug-likeness (QED) is 0.823. The largest absolute Gasteiger partial charge is 0.382 e. The van der Waals surface area contributed by atoms with E-state index in [0.29, 0.717) is 6.10 Å². The second-order valence-electron chi connectivity index (χ2n) is 5.73. The Balaban J connectivity index is 1.74. The summed E-state index contributed by atoms with van der Waals surface area (Å²) in [6.07, 6.45) is 7.52. The van der Waals surface area contributed by atoms with Crippen LogP contribution in [0.3, 0.4) is 0 Å². The van der Waals surface area contributed by atoms with Crippen molar-refractivity contribution in [3.63, 3.8) is 0 Å². The molecule has 0 aliphatic carbocycles. The zero-order chi connectivity index (χ0) is 13.7. The van der Waals surface area contributed by atoms with Gasteiger partial charge in [0.25, 0.3) is 0 Å². The van der Waals surface area contributed by atoms with Gasteiger partial charge < -0.3 is 14.8 Å². The summed E-state index contributed by atoms with van der Waals surface area (Å²) in [6.45, 7) is 6.81. The lowest BCUT2D eigenvalue weighted by Gasteiger charge is -2.22. The maximum absolute atomic E-state index is 5.61. The monoisotopic (exact) mass is 267 g/mol. The summed E-state index contributed by atoms with van der Waals surface area (Å²) < 4.78 is 13.0. The maximum Gasteiger partial charge on any atom is 0.0771 e. The number of nitrogens with zero attached hydrogens (tertiary/aromatic N) is 2. The average Bonchev–Trinajstić information content (AvgIpc) is 3.02. The van der Waals surface area contributed by atoms with Gasteiger partial charge in [0.15, 0.2) is 0 Å². The first kappa shape index (κ1) is 14.3. The first-order valence-electron chi connectivity index (χ1n) is 7.02. The highest BCUT2D eigenvalue weighted by atomic mass is 16.5. The topological polar surface area (TPSA) is 48.3 Å². The van der Waals surface area contributed by atoms with Crippen molar-refractivity contribution in [3.05, 3.63) is 12.4 Å². The Bertz CT molecular complexity index is 384. The third-order valence-electron chi connectivity index (χ3n) is 3.66. The third kappa shape index (κ3) is 4.51. The summed E-state index contributed by atoms with van der Waals surface area (Å²) >= 11 is 0. The molecule has 2 heterocycles. The lowest BCUT2D eigenvalue weighted by Crippen LogP contribution is -2.25. The molecule has 0 saturated carbocycles. The molecule has 1 saturated heterocycles. The molecule has 0 spiro atoms. The van der Waals surface area contributed by atoms with E-state index < -0.39 is 0 Å². The summed E-state index contributed by atoms with van der Waals surface area (Å²) in [7, 11) is 1.75. The van der Waals surface area contributed by atoms with Gasteiger partial charge in [-0.1, -0.05) is 0 Å². The minimum Gasteiger partial charge on any atom is -0.382 e. The molecule has 1 unspecified atom stereocenters. The molecule has 1 fully saturated rings. The highest BCUT2D eigenvalue weighted by molar-refractivity contribution is 5.37. The Morgan fingerprint density at radius 2 is 2.42 bits per heavy atom. The summed E-state index contributed by atoms with van der Waals surface area (Å²) in [6, 6.07) is 0. The average molecular weight is 267 g/mol. The Morgan fingerprint density at radius 1 is 1.58 bits per heavy atom. The zero-order valence-corrected chi connectivity index (χ0v) is 12.2. The molecule has 1 atom stereocenters. The molecule has 0 amide bonds. The lowest BCUT2D eigenvalue weighted by molar-refractivity contribution is 0.0185. The molecule has 1 aliphatic rings. The number of rotatable bonds is 7. The van der Waals surface area contributed by atoms with Crippen LogP contribution in [0.1, 0.15) is 33.1 Å². The molecular weight excluding hydrogens is 242 g/mol. The Morgan fingerprint density at radius 3 is 3.11 bits per heavy atom. The lowest BCUT2D eigenvalue weighted by atomic mass is 10.1. The van der Waals surface area contributed by atoms with Crippen LogP contribution in [-0.4, -0.2) is 41.7 Å².